The van der Waals surface area contributed by atoms with Crippen LogP contribution >= 0.6 is 0 Å². The first-order chi connectivity index (χ1) is 11.3. The fourth-order valence-corrected chi connectivity index (χ4v) is 4.49. The quantitative estimate of drug-likeness (QED) is 0.801. The van der Waals surface area contributed by atoms with Gasteiger partial charge < -0.3 is 9.64 Å². The van der Waals surface area contributed by atoms with E-state index in [1.165, 1.54) is 64.8 Å². The molecule has 0 bridgehead atoms. The van der Waals surface area contributed by atoms with Crippen molar-refractivity contribution in [2.45, 2.75) is 32.1 Å². The molecule has 1 saturated carbocycles. The molecule has 1 unspecified atom stereocenters. The Hall–Kier alpha value is -1.06. The summed E-state index contributed by atoms with van der Waals surface area (Å²) in [6.45, 7) is 8.48. The van der Waals surface area contributed by atoms with Crippen LogP contribution in [-0.2, 0) is 0 Å². The van der Waals surface area contributed by atoms with E-state index in [2.05, 4.69) is 9.80 Å². The van der Waals surface area contributed by atoms with Gasteiger partial charge in [0.1, 0.15) is 12.4 Å². The van der Waals surface area contributed by atoms with E-state index in [0.29, 0.717) is 5.41 Å². The number of benzene rings is 1. The van der Waals surface area contributed by atoms with Crippen molar-refractivity contribution in [2.24, 2.45) is 11.3 Å². The van der Waals surface area contributed by atoms with Crippen LogP contribution < -0.4 is 4.74 Å². The van der Waals surface area contributed by atoms with Crippen LogP contribution in [-0.4, -0.2) is 55.7 Å². The van der Waals surface area contributed by atoms with Gasteiger partial charge in [0.05, 0.1) is 0 Å². The molecule has 4 rings (SSSR count). The Balaban J connectivity index is 1.24. The first kappa shape index (κ1) is 15.5. The molecular formula is C20H30N2O. The molecule has 2 saturated heterocycles. The van der Waals surface area contributed by atoms with Crippen molar-refractivity contribution in [3.05, 3.63) is 30.3 Å². The number of para-hydroxylation sites is 1. The molecule has 126 valence electrons. The largest absolute Gasteiger partial charge is 0.492 e. The minimum atomic E-state index is 0.583. The van der Waals surface area contributed by atoms with Crippen LogP contribution in [0.4, 0.5) is 0 Å². The molecule has 1 spiro atoms. The van der Waals surface area contributed by atoms with Crippen LogP contribution in [0, 0.1) is 11.3 Å². The van der Waals surface area contributed by atoms with Gasteiger partial charge in [-0.3, -0.25) is 4.90 Å². The average molecular weight is 314 g/mol. The molecular weight excluding hydrogens is 284 g/mol. The Labute approximate surface area is 140 Å². The predicted octanol–water partition coefficient (Wildman–Crippen LogP) is 3.26. The Morgan fingerprint density at radius 3 is 2.65 bits per heavy atom. The lowest BCUT2D eigenvalue weighted by molar-refractivity contribution is 0.0807. The minimum absolute atomic E-state index is 0.583. The molecule has 0 radical (unpaired) electrons. The molecule has 3 aliphatic rings. The molecule has 1 aromatic rings. The summed E-state index contributed by atoms with van der Waals surface area (Å²) in [6.07, 6.45) is 7.17. The highest BCUT2D eigenvalue weighted by Crippen LogP contribution is 2.40. The average Bonchev–Trinajstić information content (AvgIpc) is 3.31. The SMILES string of the molecule is c1ccc(OCCN2CCCC3(CCN(CC4CC4)C3)C2)cc1. The van der Waals surface area contributed by atoms with E-state index in [1.807, 2.05) is 30.3 Å². The van der Waals surface area contributed by atoms with Crippen molar-refractivity contribution in [2.75, 3.05) is 45.9 Å². The highest BCUT2D eigenvalue weighted by Gasteiger charge is 2.42. The van der Waals surface area contributed by atoms with Crippen molar-refractivity contribution in [1.82, 2.24) is 9.80 Å². The molecule has 23 heavy (non-hydrogen) atoms. The molecule has 1 aromatic carbocycles. The van der Waals surface area contributed by atoms with Gasteiger partial charge in [-0.25, -0.2) is 0 Å². The van der Waals surface area contributed by atoms with Crippen LogP contribution in [0.15, 0.2) is 30.3 Å². The summed E-state index contributed by atoms with van der Waals surface area (Å²) in [6, 6.07) is 10.2. The molecule has 2 heterocycles. The molecule has 3 nitrogen and oxygen atoms in total. The Kier molecular flexibility index (Phi) is 4.59. The maximum Gasteiger partial charge on any atom is 0.119 e. The highest BCUT2D eigenvalue weighted by molar-refractivity contribution is 5.20. The summed E-state index contributed by atoms with van der Waals surface area (Å²) >= 11 is 0. The standard InChI is InChI=1S/C20H30N2O/c1-2-5-19(6-3-1)23-14-13-21-11-4-9-20(16-21)10-12-22(17-20)15-18-7-8-18/h1-3,5-6,18H,4,7-17H2. The summed E-state index contributed by atoms with van der Waals surface area (Å²) in [7, 11) is 0. The molecule has 1 aliphatic carbocycles. The third-order valence-corrected chi connectivity index (χ3v) is 5.89. The summed E-state index contributed by atoms with van der Waals surface area (Å²) in [5, 5.41) is 0. The second-order valence-corrected chi connectivity index (χ2v) is 7.97. The lowest BCUT2D eigenvalue weighted by atomic mass is 9.79. The van der Waals surface area contributed by atoms with Crippen LogP contribution in [0.2, 0.25) is 0 Å². The molecule has 2 aliphatic heterocycles. The van der Waals surface area contributed by atoms with Crippen molar-refractivity contribution >= 4 is 0 Å². The van der Waals surface area contributed by atoms with E-state index in [0.717, 1.165) is 24.8 Å². The number of rotatable bonds is 6. The Morgan fingerprint density at radius 1 is 1.00 bits per heavy atom. The predicted molar refractivity (Wildman–Crippen MR) is 93.8 cm³/mol. The number of ether oxygens (including phenoxy) is 1. The number of likely N-dealkylation sites (tertiary alicyclic amines) is 2. The lowest BCUT2D eigenvalue weighted by Crippen LogP contribution is -2.46. The van der Waals surface area contributed by atoms with E-state index >= 15 is 0 Å². The van der Waals surface area contributed by atoms with Gasteiger partial charge in [-0.2, -0.15) is 0 Å². The molecule has 3 fully saturated rings. The van der Waals surface area contributed by atoms with Crippen LogP contribution in [0.1, 0.15) is 32.1 Å². The molecule has 0 amide bonds. The third-order valence-electron chi connectivity index (χ3n) is 5.89. The van der Waals surface area contributed by atoms with Crippen LogP contribution in [0.25, 0.3) is 0 Å². The summed E-state index contributed by atoms with van der Waals surface area (Å²) in [4.78, 5) is 5.40. The minimum Gasteiger partial charge on any atom is -0.492 e. The zero-order valence-corrected chi connectivity index (χ0v) is 14.3. The molecule has 0 N–H and O–H groups in total. The fourth-order valence-electron chi connectivity index (χ4n) is 4.49. The molecule has 1 atom stereocenters. The number of hydrogen-bond donors (Lipinski definition) is 0. The Bertz CT molecular complexity index is 502. The van der Waals surface area contributed by atoms with Gasteiger partial charge in [0.15, 0.2) is 0 Å². The van der Waals surface area contributed by atoms with Crippen LogP contribution in [0.3, 0.4) is 0 Å². The van der Waals surface area contributed by atoms with Gasteiger partial charge in [0.2, 0.25) is 0 Å². The van der Waals surface area contributed by atoms with E-state index in [4.69, 9.17) is 4.74 Å². The first-order valence-electron chi connectivity index (χ1n) is 9.44. The second kappa shape index (κ2) is 6.82. The normalized spacial score (nSPS) is 29.2. The maximum atomic E-state index is 5.89. The zero-order chi connectivity index (χ0) is 15.5. The monoisotopic (exact) mass is 314 g/mol. The second-order valence-electron chi connectivity index (χ2n) is 7.97. The van der Waals surface area contributed by atoms with Crippen molar-refractivity contribution in [3.8, 4) is 5.75 Å². The summed E-state index contributed by atoms with van der Waals surface area (Å²) in [5.41, 5.74) is 0.583. The first-order valence-corrected chi connectivity index (χ1v) is 9.44. The highest BCUT2D eigenvalue weighted by atomic mass is 16.5. The summed E-state index contributed by atoms with van der Waals surface area (Å²) < 4.78 is 5.89. The van der Waals surface area contributed by atoms with Crippen molar-refractivity contribution in [3.63, 3.8) is 0 Å². The fraction of sp³-hybridized carbons (Fsp3) is 0.700. The number of nitrogens with zero attached hydrogens (tertiary/aromatic N) is 2. The third kappa shape index (κ3) is 4.07. The van der Waals surface area contributed by atoms with Gasteiger partial charge in [-0.1, -0.05) is 18.2 Å². The zero-order valence-electron chi connectivity index (χ0n) is 14.3. The smallest absolute Gasteiger partial charge is 0.119 e. The van der Waals surface area contributed by atoms with E-state index in [9.17, 15) is 0 Å². The van der Waals surface area contributed by atoms with Gasteiger partial charge in [-0.05, 0) is 68.7 Å². The molecule has 0 aromatic heterocycles. The van der Waals surface area contributed by atoms with E-state index in [1.54, 1.807) is 0 Å². The van der Waals surface area contributed by atoms with Gasteiger partial charge in [0, 0.05) is 26.2 Å². The van der Waals surface area contributed by atoms with Crippen molar-refractivity contribution in [1.29, 1.82) is 0 Å². The van der Waals surface area contributed by atoms with E-state index in [-0.39, 0.29) is 0 Å². The van der Waals surface area contributed by atoms with E-state index < -0.39 is 0 Å². The topological polar surface area (TPSA) is 15.7 Å². The number of piperidine rings is 1. The molecule has 3 heteroatoms. The van der Waals surface area contributed by atoms with Crippen molar-refractivity contribution < 1.29 is 4.74 Å². The lowest BCUT2D eigenvalue weighted by Gasteiger charge is -2.40. The number of hydrogen-bond acceptors (Lipinski definition) is 3. The van der Waals surface area contributed by atoms with Gasteiger partial charge in [0.25, 0.3) is 0 Å². The Morgan fingerprint density at radius 2 is 1.83 bits per heavy atom. The van der Waals surface area contributed by atoms with Gasteiger partial charge in [-0.15, -0.1) is 0 Å². The van der Waals surface area contributed by atoms with Gasteiger partial charge >= 0.3 is 0 Å². The maximum absolute atomic E-state index is 5.89. The van der Waals surface area contributed by atoms with Crippen LogP contribution in [0.5, 0.6) is 5.75 Å². The summed E-state index contributed by atoms with van der Waals surface area (Å²) in [5.74, 6) is 2.03.